The number of rotatable bonds is 2. The minimum absolute atomic E-state index is 0.289. The van der Waals surface area contributed by atoms with E-state index < -0.39 is 10.5 Å². The topological polar surface area (TPSA) is 26.3 Å². The highest BCUT2D eigenvalue weighted by molar-refractivity contribution is 6.36. The average Bonchev–Trinajstić information content (AvgIpc) is 1.99. The maximum atomic E-state index is 10.9. The highest BCUT2D eigenvalue weighted by Crippen LogP contribution is 2.47. The van der Waals surface area contributed by atoms with Crippen LogP contribution in [0.3, 0.4) is 0 Å². The summed E-state index contributed by atoms with van der Waals surface area (Å²) in [5, 5.41) is 0. The van der Waals surface area contributed by atoms with Crippen LogP contribution >= 0.6 is 11.6 Å². The Morgan fingerprint density at radius 2 is 1.91 bits per heavy atom. The number of carbonyl (C=O) groups excluding carboxylic acids is 1. The molecule has 0 radical (unpaired) electrons. The highest BCUT2D eigenvalue weighted by atomic mass is 35.5. The van der Waals surface area contributed by atoms with Crippen LogP contribution in [0.5, 0.6) is 0 Å². The fourth-order valence-electron chi connectivity index (χ4n) is 1.57. The average molecular weight is 177 g/mol. The summed E-state index contributed by atoms with van der Waals surface area (Å²) in [4.78, 5) is 10.1. The lowest BCUT2D eigenvalue weighted by Gasteiger charge is -2.50. The number of hydrogen-bond donors (Lipinski definition) is 0. The summed E-state index contributed by atoms with van der Waals surface area (Å²) in [7, 11) is 0. The lowest BCUT2D eigenvalue weighted by molar-refractivity contribution is -0.205. The van der Waals surface area contributed by atoms with Gasteiger partial charge in [0.2, 0.25) is 0 Å². The third-order valence-corrected chi connectivity index (χ3v) is 3.17. The van der Waals surface area contributed by atoms with Crippen molar-refractivity contribution in [2.24, 2.45) is 0 Å². The summed E-state index contributed by atoms with van der Waals surface area (Å²) in [6, 6.07) is 0. The molecule has 0 aromatic rings. The van der Waals surface area contributed by atoms with Crippen LogP contribution < -0.4 is 0 Å². The van der Waals surface area contributed by atoms with E-state index in [1.165, 1.54) is 0 Å². The molecule has 0 bridgehead atoms. The number of cyclic esters (lactones) is 1. The van der Waals surface area contributed by atoms with E-state index in [9.17, 15) is 4.79 Å². The monoisotopic (exact) mass is 176 g/mol. The molecular formula is C8H13ClO2. The van der Waals surface area contributed by atoms with Crippen LogP contribution in [0.4, 0.5) is 0 Å². The first-order chi connectivity index (χ1) is 5.00. The van der Waals surface area contributed by atoms with Crippen molar-refractivity contribution < 1.29 is 9.53 Å². The van der Waals surface area contributed by atoms with Gasteiger partial charge in [0.05, 0.1) is 0 Å². The molecule has 0 N–H and O–H groups in total. The van der Waals surface area contributed by atoms with E-state index >= 15 is 0 Å². The zero-order chi connectivity index (χ0) is 8.70. The van der Waals surface area contributed by atoms with Crippen molar-refractivity contribution in [2.45, 2.75) is 44.1 Å². The zero-order valence-corrected chi connectivity index (χ0v) is 7.86. The molecule has 0 unspecified atom stereocenters. The van der Waals surface area contributed by atoms with Crippen LogP contribution in [0.15, 0.2) is 0 Å². The Bertz CT molecular complexity index is 183. The van der Waals surface area contributed by atoms with Crippen molar-refractivity contribution in [3.05, 3.63) is 0 Å². The predicted octanol–water partition coefficient (Wildman–Crippen LogP) is 2.10. The molecule has 1 rings (SSSR count). The molecular weight excluding hydrogens is 164 g/mol. The van der Waals surface area contributed by atoms with Gasteiger partial charge in [-0.05, 0) is 19.8 Å². The van der Waals surface area contributed by atoms with E-state index in [4.69, 9.17) is 16.3 Å². The van der Waals surface area contributed by atoms with Gasteiger partial charge in [-0.25, -0.2) is 4.79 Å². The molecule has 11 heavy (non-hydrogen) atoms. The summed E-state index contributed by atoms with van der Waals surface area (Å²) in [5.41, 5.74) is -0.411. The van der Waals surface area contributed by atoms with Gasteiger partial charge in [0.1, 0.15) is 5.60 Å². The van der Waals surface area contributed by atoms with Gasteiger partial charge in [0.25, 0.3) is 0 Å². The number of ether oxygens (including phenoxy) is 1. The molecule has 1 aliphatic heterocycles. The number of carbonyl (C=O) groups is 1. The number of esters is 1. The lowest BCUT2D eigenvalue weighted by atomic mass is 9.78. The summed E-state index contributed by atoms with van der Waals surface area (Å²) in [6.07, 6.45) is 1.57. The second-order valence-electron chi connectivity index (χ2n) is 3.09. The molecule has 1 atom stereocenters. The highest BCUT2D eigenvalue weighted by Gasteiger charge is 2.63. The first-order valence-corrected chi connectivity index (χ1v) is 4.30. The number of hydrogen-bond acceptors (Lipinski definition) is 2. The zero-order valence-electron chi connectivity index (χ0n) is 7.11. The van der Waals surface area contributed by atoms with Gasteiger partial charge in [-0.2, -0.15) is 0 Å². The third kappa shape index (κ3) is 0.886. The maximum absolute atomic E-state index is 10.9. The van der Waals surface area contributed by atoms with Crippen molar-refractivity contribution in [3.8, 4) is 0 Å². The molecule has 1 aliphatic rings. The van der Waals surface area contributed by atoms with E-state index in [1.54, 1.807) is 6.92 Å². The number of alkyl halides is 1. The van der Waals surface area contributed by atoms with Crippen LogP contribution in [0.25, 0.3) is 0 Å². The van der Waals surface area contributed by atoms with Crippen LogP contribution in [0.2, 0.25) is 0 Å². The molecule has 0 aromatic heterocycles. The largest absolute Gasteiger partial charge is 0.455 e. The van der Waals surface area contributed by atoms with E-state index in [0.717, 1.165) is 12.8 Å². The van der Waals surface area contributed by atoms with Crippen LogP contribution in [0, 0.1) is 0 Å². The van der Waals surface area contributed by atoms with E-state index in [0.29, 0.717) is 0 Å². The Labute approximate surface area is 71.9 Å². The summed E-state index contributed by atoms with van der Waals surface area (Å²) in [6.45, 7) is 5.69. The molecule has 1 fully saturated rings. The molecule has 0 spiro atoms. The Morgan fingerprint density at radius 3 is 2.00 bits per heavy atom. The summed E-state index contributed by atoms with van der Waals surface area (Å²) >= 11 is 6.00. The van der Waals surface area contributed by atoms with E-state index in [1.807, 2.05) is 13.8 Å². The molecule has 0 aliphatic carbocycles. The second kappa shape index (κ2) is 2.37. The van der Waals surface area contributed by atoms with Crippen LogP contribution in [-0.2, 0) is 9.53 Å². The van der Waals surface area contributed by atoms with Crippen LogP contribution in [0.1, 0.15) is 33.6 Å². The normalized spacial score (nSPS) is 34.4. The minimum Gasteiger partial charge on any atom is -0.455 e. The fraction of sp³-hybridized carbons (Fsp3) is 0.875. The van der Waals surface area contributed by atoms with Gasteiger partial charge >= 0.3 is 5.97 Å². The fourth-order valence-corrected chi connectivity index (χ4v) is 1.91. The molecule has 0 amide bonds. The van der Waals surface area contributed by atoms with E-state index in [2.05, 4.69) is 0 Å². The van der Waals surface area contributed by atoms with E-state index in [-0.39, 0.29) is 5.97 Å². The van der Waals surface area contributed by atoms with Gasteiger partial charge in [-0.15, -0.1) is 11.6 Å². The second-order valence-corrected chi connectivity index (χ2v) is 3.85. The molecule has 0 saturated carbocycles. The molecule has 0 aromatic carbocycles. The smallest absolute Gasteiger partial charge is 0.331 e. The Balaban J connectivity index is 2.83. The van der Waals surface area contributed by atoms with Crippen molar-refractivity contribution in [1.29, 1.82) is 0 Å². The van der Waals surface area contributed by atoms with Gasteiger partial charge in [0.15, 0.2) is 4.87 Å². The predicted molar refractivity (Wildman–Crippen MR) is 43.7 cm³/mol. The standard InChI is InChI=1S/C8H13ClO2/c1-4-8(5-2)7(3,9)6(10)11-8/h4-5H2,1-3H3/t7-/m0/s1. The third-order valence-electron chi connectivity index (χ3n) is 2.67. The van der Waals surface area contributed by atoms with Gasteiger partial charge in [-0.3, -0.25) is 0 Å². The SMILES string of the molecule is CCC1(CC)OC(=O)[C@]1(C)Cl. The van der Waals surface area contributed by atoms with Crippen molar-refractivity contribution in [3.63, 3.8) is 0 Å². The number of halogens is 1. The van der Waals surface area contributed by atoms with Crippen molar-refractivity contribution >= 4 is 17.6 Å². The maximum Gasteiger partial charge on any atom is 0.331 e. The molecule has 64 valence electrons. The molecule has 1 heterocycles. The molecule has 3 heteroatoms. The first-order valence-electron chi connectivity index (χ1n) is 3.92. The Morgan fingerprint density at radius 1 is 1.45 bits per heavy atom. The minimum atomic E-state index is -0.795. The Hall–Kier alpha value is -0.240. The van der Waals surface area contributed by atoms with Gasteiger partial charge < -0.3 is 4.74 Å². The van der Waals surface area contributed by atoms with Crippen molar-refractivity contribution in [1.82, 2.24) is 0 Å². The lowest BCUT2D eigenvalue weighted by Crippen LogP contribution is -2.66. The van der Waals surface area contributed by atoms with Gasteiger partial charge in [-0.1, -0.05) is 13.8 Å². The quantitative estimate of drug-likeness (QED) is 0.476. The van der Waals surface area contributed by atoms with Crippen molar-refractivity contribution in [2.75, 3.05) is 0 Å². The first kappa shape index (κ1) is 8.85. The molecule has 2 nitrogen and oxygen atoms in total. The summed E-state index contributed by atoms with van der Waals surface area (Å²) in [5.74, 6) is -0.289. The van der Waals surface area contributed by atoms with Gasteiger partial charge in [0, 0.05) is 0 Å². The summed E-state index contributed by atoms with van der Waals surface area (Å²) < 4.78 is 5.07. The Kier molecular flexibility index (Phi) is 1.91. The molecule has 1 saturated heterocycles. The van der Waals surface area contributed by atoms with Crippen LogP contribution in [-0.4, -0.2) is 16.4 Å².